The van der Waals surface area contributed by atoms with Crippen molar-refractivity contribution < 1.29 is 14.3 Å². The lowest BCUT2D eigenvalue weighted by molar-refractivity contribution is 0.0462. The Balaban J connectivity index is 1.81. The van der Waals surface area contributed by atoms with E-state index in [-0.39, 0.29) is 6.61 Å². The van der Waals surface area contributed by atoms with Crippen LogP contribution in [0.3, 0.4) is 0 Å². The minimum absolute atomic E-state index is 0.155. The van der Waals surface area contributed by atoms with Crippen molar-refractivity contribution in [1.82, 2.24) is 14.3 Å². The minimum Gasteiger partial charge on any atom is -0.456 e. The Hall–Kier alpha value is -2.42. The van der Waals surface area contributed by atoms with E-state index in [0.717, 1.165) is 22.6 Å². The van der Waals surface area contributed by atoms with Crippen LogP contribution in [0, 0.1) is 0 Å². The van der Waals surface area contributed by atoms with E-state index in [2.05, 4.69) is 5.10 Å². The Morgan fingerprint density at radius 1 is 1.39 bits per heavy atom. The molecule has 0 spiro atoms. The third-order valence-electron chi connectivity index (χ3n) is 3.93. The molecule has 3 aromatic rings. The molecule has 0 aliphatic carbocycles. The number of rotatable bonds is 8. The molecule has 0 bridgehead atoms. The van der Waals surface area contributed by atoms with E-state index in [1.165, 1.54) is 17.5 Å². The number of nitrogens with zero attached hydrogens (tertiary/aromatic N) is 4. The van der Waals surface area contributed by atoms with E-state index >= 15 is 0 Å². The largest absolute Gasteiger partial charge is 0.456 e. The number of carbonyl (C=O) groups excluding carboxylic acids is 1. The molecule has 0 amide bonds. The fourth-order valence-electron chi connectivity index (χ4n) is 2.58. The molecule has 28 heavy (non-hydrogen) atoms. The van der Waals surface area contributed by atoms with Crippen molar-refractivity contribution in [2.45, 2.75) is 19.6 Å². The molecule has 1 aromatic carbocycles. The minimum atomic E-state index is -0.406. The van der Waals surface area contributed by atoms with Crippen LogP contribution in [-0.4, -0.2) is 34.0 Å². The third kappa shape index (κ3) is 5.31. The molecule has 3 rings (SSSR count). The van der Waals surface area contributed by atoms with Gasteiger partial charge in [-0.2, -0.15) is 5.10 Å². The first-order valence-corrected chi connectivity index (χ1v) is 9.95. The van der Waals surface area contributed by atoms with Gasteiger partial charge in [-0.05, 0) is 24.6 Å². The Bertz CT molecular complexity index is 1010. The van der Waals surface area contributed by atoms with Gasteiger partial charge >= 0.3 is 5.97 Å². The Labute approximate surface area is 171 Å². The summed E-state index contributed by atoms with van der Waals surface area (Å²) in [5.74, 6) is -0.406. The van der Waals surface area contributed by atoms with Gasteiger partial charge in [0.25, 0.3) is 0 Å². The number of hydrogen-bond donors (Lipinski definition) is 0. The van der Waals surface area contributed by atoms with Crippen molar-refractivity contribution in [3.8, 4) is 0 Å². The predicted molar refractivity (Wildman–Crippen MR) is 108 cm³/mol. The molecule has 0 unspecified atom stereocenters. The van der Waals surface area contributed by atoms with Crippen molar-refractivity contribution in [2.24, 2.45) is 12.0 Å². The number of hydrogen-bond acceptors (Lipinski definition) is 6. The van der Waals surface area contributed by atoms with E-state index in [0.29, 0.717) is 23.7 Å². The number of carbonyl (C=O) groups is 1. The average Bonchev–Trinajstić information content (AvgIpc) is 3.27. The highest BCUT2D eigenvalue weighted by Gasteiger charge is 2.12. The van der Waals surface area contributed by atoms with Crippen molar-refractivity contribution in [3.05, 3.63) is 63.1 Å². The van der Waals surface area contributed by atoms with Crippen LogP contribution in [-0.2, 0) is 29.7 Å². The van der Waals surface area contributed by atoms with Crippen LogP contribution in [0.25, 0.3) is 0 Å². The molecular formula is C19H21ClN4O3S. The maximum Gasteiger partial charge on any atom is 0.341 e. The summed E-state index contributed by atoms with van der Waals surface area (Å²) >= 11 is 7.55. The van der Waals surface area contributed by atoms with Gasteiger partial charge in [-0.3, -0.25) is 4.68 Å². The first kappa shape index (κ1) is 20.3. The molecule has 0 N–H and O–H groups in total. The number of aryl methyl sites for hydroxylation is 1. The number of ether oxygens (including phenoxy) is 2. The van der Waals surface area contributed by atoms with Crippen molar-refractivity contribution in [3.63, 3.8) is 0 Å². The molecule has 7 nitrogen and oxygen atoms in total. The fraction of sp³-hybridized carbons (Fsp3) is 0.316. The van der Waals surface area contributed by atoms with Gasteiger partial charge in [0, 0.05) is 43.9 Å². The highest BCUT2D eigenvalue weighted by Crippen LogP contribution is 2.18. The SMILES string of the molecule is COCCCn1c(COC(=O)c2cnn(C)c2)csc1=Nc1cccc(Cl)c1. The quantitative estimate of drug-likeness (QED) is 0.412. The summed E-state index contributed by atoms with van der Waals surface area (Å²) in [5.41, 5.74) is 2.07. The Morgan fingerprint density at radius 3 is 2.96 bits per heavy atom. The molecule has 0 atom stereocenters. The van der Waals surface area contributed by atoms with E-state index in [1.807, 2.05) is 34.2 Å². The van der Waals surface area contributed by atoms with Crippen molar-refractivity contribution in [1.29, 1.82) is 0 Å². The lowest BCUT2D eigenvalue weighted by Gasteiger charge is -2.09. The topological polar surface area (TPSA) is 70.6 Å². The average molecular weight is 421 g/mol. The highest BCUT2D eigenvalue weighted by molar-refractivity contribution is 7.07. The summed E-state index contributed by atoms with van der Waals surface area (Å²) in [6.45, 7) is 1.49. The van der Waals surface area contributed by atoms with E-state index < -0.39 is 5.97 Å². The standard InChI is InChI=1S/C19H21ClN4O3S/c1-23-11-14(10-21-23)18(25)27-12-17-13-28-19(24(17)7-4-8-26-2)22-16-6-3-5-15(20)9-16/h3,5-6,9-11,13H,4,7-8,12H2,1-2H3. The molecule has 0 aliphatic rings. The number of benzene rings is 1. The molecule has 0 aliphatic heterocycles. The lowest BCUT2D eigenvalue weighted by Crippen LogP contribution is -2.19. The van der Waals surface area contributed by atoms with Gasteiger partial charge in [-0.15, -0.1) is 11.3 Å². The lowest BCUT2D eigenvalue weighted by atomic mass is 10.3. The van der Waals surface area contributed by atoms with Crippen LogP contribution in [0.2, 0.25) is 5.02 Å². The van der Waals surface area contributed by atoms with Gasteiger partial charge in [-0.1, -0.05) is 17.7 Å². The summed E-state index contributed by atoms with van der Waals surface area (Å²) in [6, 6.07) is 7.38. The Morgan fingerprint density at radius 2 is 2.25 bits per heavy atom. The molecule has 9 heteroatoms. The van der Waals surface area contributed by atoms with Crippen molar-refractivity contribution >= 4 is 34.6 Å². The number of halogens is 1. The van der Waals surface area contributed by atoms with Crippen LogP contribution in [0.5, 0.6) is 0 Å². The predicted octanol–water partition coefficient (Wildman–Crippen LogP) is 3.56. The number of esters is 1. The fourth-order valence-corrected chi connectivity index (χ4v) is 3.70. The molecule has 148 valence electrons. The summed E-state index contributed by atoms with van der Waals surface area (Å²) < 4.78 is 14.2. The summed E-state index contributed by atoms with van der Waals surface area (Å²) in [6.07, 6.45) is 3.94. The van der Waals surface area contributed by atoms with Gasteiger partial charge in [0.15, 0.2) is 4.80 Å². The van der Waals surface area contributed by atoms with E-state index in [4.69, 9.17) is 26.1 Å². The number of thiazole rings is 1. The number of methoxy groups -OCH3 is 1. The van der Waals surface area contributed by atoms with E-state index in [9.17, 15) is 4.79 Å². The Kier molecular flexibility index (Phi) is 7.02. The highest BCUT2D eigenvalue weighted by atomic mass is 35.5. The molecule has 2 aromatic heterocycles. The second-order valence-electron chi connectivity index (χ2n) is 6.08. The number of aromatic nitrogens is 3. The smallest absolute Gasteiger partial charge is 0.341 e. The first-order chi connectivity index (χ1) is 13.6. The molecule has 0 radical (unpaired) electrons. The molecule has 0 fully saturated rings. The van der Waals surface area contributed by atoms with Gasteiger partial charge in [-0.25, -0.2) is 9.79 Å². The molecule has 0 saturated heterocycles. The maximum atomic E-state index is 12.2. The third-order valence-corrected chi connectivity index (χ3v) is 5.08. The zero-order valence-corrected chi connectivity index (χ0v) is 17.2. The van der Waals surface area contributed by atoms with Gasteiger partial charge in [0.05, 0.1) is 23.1 Å². The van der Waals surface area contributed by atoms with Crippen LogP contribution in [0.15, 0.2) is 47.0 Å². The normalized spacial score (nSPS) is 11.8. The van der Waals surface area contributed by atoms with Crippen LogP contribution in [0.4, 0.5) is 5.69 Å². The molecular weight excluding hydrogens is 400 g/mol. The van der Waals surface area contributed by atoms with Crippen molar-refractivity contribution in [2.75, 3.05) is 13.7 Å². The molecule has 0 saturated carbocycles. The second-order valence-corrected chi connectivity index (χ2v) is 7.35. The van der Waals surface area contributed by atoms with E-state index in [1.54, 1.807) is 25.0 Å². The zero-order valence-electron chi connectivity index (χ0n) is 15.7. The molecule has 2 heterocycles. The maximum absolute atomic E-state index is 12.2. The summed E-state index contributed by atoms with van der Waals surface area (Å²) in [5, 5.41) is 6.58. The van der Waals surface area contributed by atoms with Crippen LogP contribution >= 0.6 is 22.9 Å². The van der Waals surface area contributed by atoms with Gasteiger partial charge in [0.1, 0.15) is 6.61 Å². The van der Waals surface area contributed by atoms with Gasteiger partial charge < -0.3 is 14.0 Å². The van der Waals surface area contributed by atoms with Crippen LogP contribution < -0.4 is 4.80 Å². The zero-order chi connectivity index (χ0) is 19.9. The van der Waals surface area contributed by atoms with Gasteiger partial charge in [0.2, 0.25) is 0 Å². The monoisotopic (exact) mass is 420 g/mol. The van der Waals surface area contributed by atoms with Crippen LogP contribution in [0.1, 0.15) is 22.5 Å². The summed E-state index contributed by atoms with van der Waals surface area (Å²) in [4.78, 5) is 17.7. The summed E-state index contributed by atoms with van der Waals surface area (Å²) in [7, 11) is 3.43. The second kappa shape index (κ2) is 9.68. The first-order valence-electron chi connectivity index (χ1n) is 8.69.